The molecule has 9 heteroatoms. The quantitative estimate of drug-likeness (QED) is 0.361. The standard InChI is InChI=1S/C23H18N6OS2/c1-15-7-12-19-20(13-15)32-22(25-19)16-8-10-17(11-9-16)24-21(30)14-31-23-26-27-28-29(23)18-5-3-2-4-6-18/h2-13H,14H2,1H3,(H,24,30). The number of amides is 1. The van der Waals surface area contributed by atoms with Gasteiger partial charge in [0.2, 0.25) is 11.1 Å². The van der Waals surface area contributed by atoms with E-state index in [1.807, 2.05) is 60.7 Å². The van der Waals surface area contributed by atoms with Crippen molar-refractivity contribution in [1.82, 2.24) is 25.2 Å². The van der Waals surface area contributed by atoms with Crippen molar-refractivity contribution < 1.29 is 4.79 Å². The molecule has 0 fully saturated rings. The van der Waals surface area contributed by atoms with Crippen molar-refractivity contribution in [2.24, 2.45) is 0 Å². The number of anilines is 1. The summed E-state index contributed by atoms with van der Waals surface area (Å²) in [4.78, 5) is 17.2. The Morgan fingerprint density at radius 1 is 1.06 bits per heavy atom. The highest BCUT2D eigenvalue weighted by Gasteiger charge is 2.12. The van der Waals surface area contributed by atoms with E-state index in [2.05, 4.69) is 39.9 Å². The van der Waals surface area contributed by atoms with Crippen LogP contribution in [0.25, 0.3) is 26.5 Å². The Labute approximate surface area is 192 Å². The number of hydrogen-bond acceptors (Lipinski definition) is 7. The predicted molar refractivity (Wildman–Crippen MR) is 128 cm³/mol. The van der Waals surface area contributed by atoms with Gasteiger partial charge in [0.1, 0.15) is 5.01 Å². The zero-order valence-electron chi connectivity index (χ0n) is 17.1. The Balaban J connectivity index is 1.22. The maximum Gasteiger partial charge on any atom is 0.234 e. The molecule has 5 rings (SSSR count). The third-order valence-electron chi connectivity index (χ3n) is 4.73. The summed E-state index contributed by atoms with van der Waals surface area (Å²) in [7, 11) is 0. The van der Waals surface area contributed by atoms with Gasteiger partial charge in [0.05, 0.1) is 21.7 Å². The first-order valence-electron chi connectivity index (χ1n) is 9.90. The average Bonchev–Trinajstić information content (AvgIpc) is 3.45. The van der Waals surface area contributed by atoms with Crippen molar-refractivity contribution in [3.63, 3.8) is 0 Å². The van der Waals surface area contributed by atoms with Crippen molar-refractivity contribution in [3.05, 3.63) is 78.4 Å². The molecule has 0 aliphatic carbocycles. The highest BCUT2D eigenvalue weighted by atomic mass is 32.2. The highest BCUT2D eigenvalue weighted by molar-refractivity contribution is 7.99. The summed E-state index contributed by atoms with van der Waals surface area (Å²) in [6.07, 6.45) is 0. The van der Waals surface area contributed by atoms with Gasteiger partial charge in [0, 0.05) is 11.3 Å². The molecule has 5 aromatic rings. The fraction of sp³-hybridized carbons (Fsp3) is 0.0870. The van der Waals surface area contributed by atoms with Crippen LogP contribution in [0, 0.1) is 6.92 Å². The molecule has 2 heterocycles. The van der Waals surface area contributed by atoms with E-state index in [0.717, 1.165) is 27.5 Å². The molecule has 0 unspecified atom stereocenters. The number of carbonyl (C=O) groups is 1. The summed E-state index contributed by atoms with van der Waals surface area (Å²) in [5.74, 6) is 0.0763. The fourth-order valence-electron chi connectivity index (χ4n) is 3.18. The number of aryl methyl sites for hydroxylation is 1. The molecular weight excluding hydrogens is 440 g/mol. The first kappa shape index (κ1) is 20.3. The van der Waals surface area contributed by atoms with Crippen LogP contribution in [-0.4, -0.2) is 36.9 Å². The lowest BCUT2D eigenvalue weighted by Crippen LogP contribution is -2.14. The van der Waals surface area contributed by atoms with Crippen molar-refractivity contribution >= 4 is 44.9 Å². The normalized spacial score (nSPS) is 11.0. The number of para-hydroxylation sites is 1. The van der Waals surface area contributed by atoms with E-state index in [9.17, 15) is 4.79 Å². The van der Waals surface area contributed by atoms with Gasteiger partial charge in [-0.2, -0.15) is 4.68 Å². The van der Waals surface area contributed by atoms with Crippen LogP contribution in [0.1, 0.15) is 5.56 Å². The third-order valence-corrected chi connectivity index (χ3v) is 6.72. The molecule has 0 aliphatic heterocycles. The maximum absolute atomic E-state index is 12.4. The Kier molecular flexibility index (Phi) is 5.66. The van der Waals surface area contributed by atoms with Crippen molar-refractivity contribution in [3.8, 4) is 16.3 Å². The molecule has 0 bridgehead atoms. The van der Waals surface area contributed by atoms with E-state index in [1.165, 1.54) is 22.0 Å². The van der Waals surface area contributed by atoms with Crippen molar-refractivity contribution in [2.45, 2.75) is 12.1 Å². The van der Waals surface area contributed by atoms with Crippen LogP contribution >= 0.6 is 23.1 Å². The summed E-state index contributed by atoms with van der Waals surface area (Å²) in [5.41, 5.74) is 4.84. The average molecular weight is 459 g/mol. The summed E-state index contributed by atoms with van der Waals surface area (Å²) in [6, 6.07) is 23.6. The Bertz CT molecular complexity index is 1380. The lowest BCUT2D eigenvalue weighted by Gasteiger charge is -2.06. The minimum atomic E-state index is -0.124. The molecule has 1 N–H and O–H groups in total. The van der Waals surface area contributed by atoms with Crippen LogP contribution in [0.15, 0.2) is 78.0 Å². The van der Waals surface area contributed by atoms with E-state index in [1.54, 1.807) is 16.0 Å². The second-order valence-corrected chi connectivity index (χ2v) is 9.09. The molecular formula is C23H18N6OS2. The smallest absolute Gasteiger partial charge is 0.234 e. The topological polar surface area (TPSA) is 85.6 Å². The van der Waals surface area contributed by atoms with Gasteiger partial charge < -0.3 is 5.32 Å². The number of tetrazole rings is 1. The van der Waals surface area contributed by atoms with E-state index >= 15 is 0 Å². The number of nitrogens with one attached hydrogen (secondary N) is 1. The molecule has 0 radical (unpaired) electrons. The Morgan fingerprint density at radius 3 is 2.69 bits per heavy atom. The van der Waals surface area contributed by atoms with Crippen molar-refractivity contribution in [1.29, 1.82) is 0 Å². The summed E-state index contributed by atoms with van der Waals surface area (Å²) >= 11 is 2.95. The largest absolute Gasteiger partial charge is 0.325 e. The monoisotopic (exact) mass is 458 g/mol. The number of benzene rings is 3. The minimum Gasteiger partial charge on any atom is -0.325 e. The number of thioether (sulfide) groups is 1. The van der Waals surface area contributed by atoms with Gasteiger partial charge in [-0.15, -0.1) is 16.4 Å². The number of nitrogens with zero attached hydrogens (tertiary/aromatic N) is 5. The van der Waals surface area contributed by atoms with Gasteiger partial charge in [0.25, 0.3) is 0 Å². The molecule has 2 aromatic heterocycles. The van der Waals surface area contributed by atoms with E-state index in [-0.39, 0.29) is 11.7 Å². The molecule has 7 nitrogen and oxygen atoms in total. The predicted octanol–water partition coefficient (Wildman–Crippen LogP) is 4.98. The number of fused-ring (bicyclic) bond motifs is 1. The SMILES string of the molecule is Cc1ccc2nc(-c3ccc(NC(=O)CSc4nnnn4-c4ccccc4)cc3)sc2c1. The molecule has 0 atom stereocenters. The van der Waals surface area contributed by atoms with Crippen LogP contribution in [0.5, 0.6) is 0 Å². The molecule has 32 heavy (non-hydrogen) atoms. The van der Waals surface area contributed by atoms with Gasteiger partial charge in [-0.25, -0.2) is 4.98 Å². The molecule has 158 valence electrons. The Hall–Kier alpha value is -3.56. The van der Waals surface area contributed by atoms with Crippen LogP contribution < -0.4 is 5.32 Å². The third kappa shape index (κ3) is 4.39. The van der Waals surface area contributed by atoms with E-state index in [0.29, 0.717) is 5.16 Å². The number of hydrogen-bond donors (Lipinski definition) is 1. The minimum absolute atomic E-state index is 0.124. The van der Waals surface area contributed by atoms with Crippen LogP contribution in [0.3, 0.4) is 0 Å². The van der Waals surface area contributed by atoms with E-state index in [4.69, 9.17) is 4.98 Å². The van der Waals surface area contributed by atoms with E-state index < -0.39 is 0 Å². The first-order chi connectivity index (χ1) is 15.7. The summed E-state index contributed by atoms with van der Waals surface area (Å²) < 4.78 is 2.79. The van der Waals surface area contributed by atoms with Gasteiger partial charge in [-0.3, -0.25) is 4.79 Å². The second kappa shape index (κ2) is 8.89. The molecule has 3 aromatic carbocycles. The second-order valence-electron chi connectivity index (χ2n) is 7.11. The molecule has 0 aliphatic rings. The summed E-state index contributed by atoms with van der Waals surface area (Å²) in [6.45, 7) is 2.08. The number of rotatable bonds is 6. The zero-order chi connectivity index (χ0) is 21.9. The molecule has 0 spiro atoms. The van der Waals surface area contributed by atoms with Crippen LogP contribution in [0.2, 0.25) is 0 Å². The van der Waals surface area contributed by atoms with Crippen LogP contribution in [0.4, 0.5) is 5.69 Å². The molecule has 0 saturated carbocycles. The highest BCUT2D eigenvalue weighted by Crippen LogP contribution is 2.31. The Morgan fingerprint density at radius 2 is 1.88 bits per heavy atom. The van der Waals surface area contributed by atoms with Gasteiger partial charge in [-0.1, -0.05) is 36.0 Å². The lowest BCUT2D eigenvalue weighted by atomic mass is 10.2. The summed E-state index contributed by atoms with van der Waals surface area (Å²) in [5, 5.41) is 16.2. The number of thiazole rings is 1. The van der Waals surface area contributed by atoms with Gasteiger partial charge in [0.15, 0.2) is 0 Å². The number of carbonyl (C=O) groups excluding carboxylic acids is 1. The van der Waals surface area contributed by atoms with Gasteiger partial charge >= 0.3 is 0 Å². The van der Waals surface area contributed by atoms with Gasteiger partial charge in [-0.05, 0) is 71.4 Å². The number of aromatic nitrogens is 5. The maximum atomic E-state index is 12.4. The van der Waals surface area contributed by atoms with Crippen LogP contribution in [-0.2, 0) is 4.79 Å². The molecule has 1 amide bonds. The van der Waals surface area contributed by atoms with Crippen molar-refractivity contribution in [2.75, 3.05) is 11.1 Å². The lowest BCUT2D eigenvalue weighted by molar-refractivity contribution is -0.113. The molecule has 0 saturated heterocycles. The first-order valence-corrected chi connectivity index (χ1v) is 11.7. The fourth-order valence-corrected chi connectivity index (χ4v) is 4.94. The zero-order valence-corrected chi connectivity index (χ0v) is 18.7.